The molecule has 0 amide bonds. The molecular formula is C19H28ClIO2. The van der Waals surface area contributed by atoms with Crippen molar-refractivity contribution in [2.24, 2.45) is 0 Å². The molecule has 0 aliphatic rings. The van der Waals surface area contributed by atoms with E-state index in [4.69, 9.17) is 16.7 Å². The summed E-state index contributed by atoms with van der Waals surface area (Å²) in [6.45, 7) is 1.59. The third kappa shape index (κ3) is 9.55. The molecule has 1 unspecified atom stereocenters. The number of alkyl halides is 1. The highest BCUT2D eigenvalue weighted by Crippen LogP contribution is 2.23. The Labute approximate surface area is 159 Å². The Balaban J connectivity index is 1.92. The zero-order valence-electron chi connectivity index (χ0n) is 14.0. The molecule has 0 bridgehead atoms. The van der Waals surface area contributed by atoms with Crippen molar-refractivity contribution in [3.05, 3.63) is 33.4 Å². The molecule has 1 rings (SSSR count). The molecule has 1 N–H and O–H groups in total. The first-order valence-electron chi connectivity index (χ1n) is 8.58. The minimum Gasteiger partial charge on any atom is -0.480 e. The van der Waals surface area contributed by atoms with Gasteiger partial charge in [0, 0.05) is 3.57 Å². The van der Waals surface area contributed by atoms with E-state index in [1.807, 2.05) is 0 Å². The van der Waals surface area contributed by atoms with Crippen LogP contribution in [0, 0.1) is 3.57 Å². The molecule has 1 aromatic carbocycles. The van der Waals surface area contributed by atoms with E-state index in [0.29, 0.717) is 6.42 Å². The van der Waals surface area contributed by atoms with Crippen LogP contribution in [0.25, 0.3) is 0 Å². The molecule has 23 heavy (non-hydrogen) atoms. The standard InChI is InChI=1S/C19H28ClIO2/c1-19(20,18(22)23)15-9-7-5-3-2-4-6-8-10-16-11-13-17(21)14-12-16/h11-14H,2-10,15H2,1H3,(H,22,23). The van der Waals surface area contributed by atoms with Crippen LogP contribution in [0.2, 0.25) is 0 Å². The number of aryl methyl sites for hydroxylation is 1. The Hall–Kier alpha value is -0.290. The Bertz CT molecular complexity index is 457. The number of rotatable bonds is 12. The van der Waals surface area contributed by atoms with E-state index in [1.165, 1.54) is 54.1 Å². The van der Waals surface area contributed by atoms with Crippen LogP contribution in [0.1, 0.15) is 70.3 Å². The SMILES string of the molecule is CC(Cl)(CCCCCCCCCCc1ccc(I)cc1)C(=O)O. The predicted molar refractivity (Wildman–Crippen MR) is 106 cm³/mol. The summed E-state index contributed by atoms with van der Waals surface area (Å²) in [5.41, 5.74) is 1.44. The summed E-state index contributed by atoms with van der Waals surface area (Å²) in [4.78, 5) is 9.79. The second-order valence-corrected chi connectivity index (χ2v) is 8.54. The predicted octanol–water partition coefficient (Wildman–Crippen LogP) is 6.43. The Morgan fingerprint density at radius 2 is 1.48 bits per heavy atom. The van der Waals surface area contributed by atoms with Gasteiger partial charge >= 0.3 is 5.97 Å². The van der Waals surface area contributed by atoms with Crippen LogP contribution in [-0.2, 0) is 11.2 Å². The van der Waals surface area contributed by atoms with E-state index < -0.39 is 10.8 Å². The van der Waals surface area contributed by atoms with E-state index >= 15 is 0 Å². The monoisotopic (exact) mass is 450 g/mol. The van der Waals surface area contributed by atoms with Gasteiger partial charge in [0.1, 0.15) is 4.87 Å². The summed E-state index contributed by atoms with van der Waals surface area (Å²) in [5, 5.41) is 8.93. The minimum atomic E-state index is -1.09. The number of unbranched alkanes of at least 4 members (excludes halogenated alkanes) is 7. The summed E-state index contributed by atoms with van der Waals surface area (Å²) >= 11 is 8.26. The van der Waals surface area contributed by atoms with Crippen LogP contribution >= 0.6 is 34.2 Å². The van der Waals surface area contributed by atoms with Gasteiger partial charge in [-0.25, -0.2) is 0 Å². The van der Waals surface area contributed by atoms with Gasteiger partial charge in [-0.05, 0) is 66.5 Å². The van der Waals surface area contributed by atoms with Crippen molar-refractivity contribution in [3.63, 3.8) is 0 Å². The molecule has 1 aromatic rings. The average molecular weight is 451 g/mol. The maximum absolute atomic E-state index is 10.9. The maximum atomic E-state index is 10.9. The van der Waals surface area contributed by atoms with Gasteiger partial charge < -0.3 is 5.11 Å². The normalized spacial score (nSPS) is 13.7. The van der Waals surface area contributed by atoms with Gasteiger partial charge in [-0.1, -0.05) is 57.1 Å². The number of carboxylic acids is 1. The average Bonchev–Trinajstić information content (AvgIpc) is 2.50. The number of aliphatic carboxylic acids is 1. The third-order valence-corrected chi connectivity index (χ3v) is 5.29. The number of hydrogen-bond donors (Lipinski definition) is 1. The molecule has 2 nitrogen and oxygen atoms in total. The van der Waals surface area contributed by atoms with Crippen LogP contribution in [0.5, 0.6) is 0 Å². The number of benzene rings is 1. The number of hydrogen-bond acceptors (Lipinski definition) is 1. The lowest BCUT2D eigenvalue weighted by molar-refractivity contribution is -0.139. The molecule has 0 spiro atoms. The van der Waals surface area contributed by atoms with Gasteiger partial charge in [0.25, 0.3) is 0 Å². The summed E-state index contributed by atoms with van der Waals surface area (Å²) in [5.74, 6) is -0.910. The van der Waals surface area contributed by atoms with Crippen LogP contribution in [0.3, 0.4) is 0 Å². The summed E-state index contributed by atoms with van der Waals surface area (Å²) in [7, 11) is 0. The highest BCUT2D eigenvalue weighted by molar-refractivity contribution is 14.1. The summed E-state index contributed by atoms with van der Waals surface area (Å²) < 4.78 is 1.30. The lowest BCUT2D eigenvalue weighted by atomic mass is 10.0. The van der Waals surface area contributed by atoms with Crippen LogP contribution in [0.4, 0.5) is 0 Å². The topological polar surface area (TPSA) is 37.3 Å². The van der Waals surface area contributed by atoms with Gasteiger partial charge in [0.15, 0.2) is 0 Å². The molecule has 0 aromatic heterocycles. The fourth-order valence-electron chi connectivity index (χ4n) is 2.60. The highest BCUT2D eigenvalue weighted by atomic mass is 127. The maximum Gasteiger partial charge on any atom is 0.324 e. The van der Waals surface area contributed by atoms with Crippen molar-refractivity contribution in [3.8, 4) is 0 Å². The molecule has 1 atom stereocenters. The molecule has 0 fully saturated rings. The van der Waals surface area contributed by atoms with Gasteiger partial charge in [0.05, 0.1) is 0 Å². The Morgan fingerprint density at radius 1 is 1.00 bits per heavy atom. The van der Waals surface area contributed by atoms with Gasteiger partial charge in [-0.15, -0.1) is 11.6 Å². The lowest BCUT2D eigenvalue weighted by Gasteiger charge is -2.15. The zero-order valence-corrected chi connectivity index (χ0v) is 16.9. The van der Waals surface area contributed by atoms with Crippen molar-refractivity contribution in [1.82, 2.24) is 0 Å². The van der Waals surface area contributed by atoms with Crippen molar-refractivity contribution in [1.29, 1.82) is 0 Å². The van der Waals surface area contributed by atoms with Crippen LogP contribution < -0.4 is 0 Å². The molecule has 0 radical (unpaired) electrons. The lowest BCUT2D eigenvalue weighted by Crippen LogP contribution is -2.28. The van der Waals surface area contributed by atoms with Crippen LogP contribution in [0.15, 0.2) is 24.3 Å². The first kappa shape index (κ1) is 20.8. The van der Waals surface area contributed by atoms with Crippen molar-refractivity contribution in [2.45, 2.75) is 76.0 Å². The molecule has 0 saturated carbocycles. The molecular weight excluding hydrogens is 423 g/mol. The molecule has 0 heterocycles. The molecule has 0 aliphatic carbocycles. The van der Waals surface area contributed by atoms with E-state index in [2.05, 4.69) is 46.9 Å². The van der Waals surface area contributed by atoms with Gasteiger partial charge in [0.2, 0.25) is 0 Å². The highest BCUT2D eigenvalue weighted by Gasteiger charge is 2.29. The summed E-state index contributed by atoms with van der Waals surface area (Å²) in [6, 6.07) is 8.80. The minimum absolute atomic E-state index is 0.555. The first-order valence-corrected chi connectivity index (χ1v) is 10.0. The largest absolute Gasteiger partial charge is 0.480 e. The second-order valence-electron chi connectivity index (χ2n) is 6.46. The number of carboxylic acid groups (broad SMARTS) is 1. The van der Waals surface area contributed by atoms with Crippen LogP contribution in [-0.4, -0.2) is 16.0 Å². The first-order chi connectivity index (χ1) is 10.9. The zero-order chi connectivity index (χ0) is 17.1. The van der Waals surface area contributed by atoms with Gasteiger partial charge in [-0.2, -0.15) is 0 Å². The Kier molecular flexibility index (Phi) is 10.2. The fraction of sp³-hybridized carbons (Fsp3) is 0.632. The molecule has 0 aliphatic heterocycles. The second kappa shape index (κ2) is 11.3. The third-order valence-electron chi connectivity index (χ3n) is 4.22. The fourth-order valence-corrected chi connectivity index (χ4v) is 3.10. The Morgan fingerprint density at radius 3 is 2.00 bits per heavy atom. The van der Waals surface area contributed by atoms with Crippen molar-refractivity contribution < 1.29 is 9.90 Å². The van der Waals surface area contributed by atoms with E-state index in [1.54, 1.807) is 6.92 Å². The smallest absolute Gasteiger partial charge is 0.324 e. The molecule has 4 heteroatoms. The van der Waals surface area contributed by atoms with Gasteiger partial charge in [-0.3, -0.25) is 4.79 Å². The number of carbonyl (C=O) groups is 1. The van der Waals surface area contributed by atoms with E-state index in [0.717, 1.165) is 12.8 Å². The van der Waals surface area contributed by atoms with E-state index in [9.17, 15) is 4.79 Å². The quantitative estimate of drug-likeness (QED) is 0.226. The van der Waals surface area contributed by atoms with Crippen molar-refractivity contribution >= 4 is 40.2 Å². The van der Waals surface area contributed by atoms with E-state index in [-0.39, 0.29) is 0 Å². The summed E-state index contributed by atoms with van der Waals surface area (Å²) in [6.07, 6.45) is 11.3. The number of halogens is 2. The molecule has 130 valence electrons. The van der Waals surface area contributed by atoms with Crippen molar-refractivity contribution in [2.75, 3.05) is 0 Å². The molecule has 0 saturated heterocycles.